The van der Waals surface area contributed by atoms with Gasteiger partial charge in [0, 0.05) is 6.54 Å². The highest BCUT2D eigenvalue weighted by Crippen LogP contribution is 2.11. The average Bonchev–Trinajstić information content (AvgIpc) is 2.64. The van der Waals surface area contributed by atoms with Crippen LogP contribution in [-0.2, 0) is 16.1 Å². The van der Waals surface area contributed by atoms with Gasteiger partial charge < -0.3 is 21.7 Å². The van der Waals surface area contributed by atoms with Crippen molar-refractivity contribution in [1.82, 2.24) is 16.0 Å². The molecule has 25 heavy (non-hydrogen) atoms. The zero-order valence-corrected chi connectivity index (χ0v) is 13.6. The van der Waals surface area contributed by atoms with Crippen molar-refractivity contribution < 1.29 is 14.4 Å². The molecule has 2 rings (SSSR count). The standard InChI is InChI=1S/C18H20N4O3/c19-17(24)16(14-9-5-2-6-10-14)22-15(23)12-21-18(25)20-11-13-7-3-1-4-8-13/h1-10,16H,11-12H2,(H2,19,24)(H,22,23)(H2,20,21,25). The maximum Gasteiger partial charge on any atom is 0.315 e. The smallest absolute Gasteiger partial charge is 0.315 e. The van der Waals surface area contributed by atoms with E-state index in [1.54, 1.807) is 30.3 Å². The Balaban J connectivity index is 1.79. The molecular weight excluding hydrogens is 320 g/mol. The Bertz CT molecular complexity index is 720. The van der Waals surface area contributed by atoms with Crippen molar-refractivity contribution in [2.45, 2.75) is 12.6 Å². The van der Waals surface area contributed by atoms with E-state index in [0.29, 0.717) is 12.1 Å². The summed E-state index contributed by atoms with van der Waals surface area (Å²) in [5, 5.41) is 7.58. The minimum absolute atomic E-state index is 0.267. The predicted octanol–water partition coefficient (Wildman–Crippen LogP) is 0.829. The molecule has 2 aromatic rings. The van der Waals surface area contributed by atoms with Gasteiger partial charge in [-0.05, 0) is 11.1 Å². The summed E-state index contributed by atoms with van der Waals surface area (Å²) >= 11 is 0. The number of amides is 4. The molecule has 7 nitrogen and oxygen atoms in total. The lowest BCUT2D eigenvalue weighted by molar-refractivity contribution is -0.126. The average molecular weight is 340 g/mol. The summed E-state index contributed by atoms with van der Waals surface area (Å²) in [5.74, 6) is -1.18. The minimum atomic E-state index is -0.942. The van der Waals surface area contributed by atoms with Gasteiger partial charge in [0.15, 0.2) is 0 Å². The Hall–Kier alpha value is -3.35. The Morgan fingerprint density at radius 1 is 0.880 bits per heavy atom. The summed E-state index contributed by atoms with van der Waals surface area (Å²) in [6.07, 6.45) is 0. The Labute approximate surface area is 145 Å². The molecule has 1 atom stereocenters. The van der Waals surface area contributed by atoms with Gasteiger partial charge in [-0.25, -0.2) is 4.79 Å². The molecule has 5 N–H and O–H groups in total. The highest BCUT2D eigenvalue weighted by molar-refractivity contribution is 5.89. The van der Waals surface area contributed by atoms with Crippen LogP contribution in [0.3, 0.4) is 0 Å². The number of nitrogens with one attached hydrogen (secondary N) is 3. The number of benzene rings is 2. The lowest BCUT2D eigenvalue weighted by atomic mass is 10.1. The number of nitrogens with two attached hydrogens (primary N) is 1. The molecule has 7 heteroatoms. The van der Waals surface area contributed by atoms with Crippen LogP contribution < -0.4 is 21.7 Å². The van der Waals surface area contributed by atoms with E-state index in [1.807, 2.05) is 30.3 Å². The Morgan fingerprint density at radius 2 is 1.48 bits per heavy atom. The van der Waals surface area contributed by atoms with Crippen LogP contribution in [0.5, 0.6) is 0 Å². The van der Waals surface area contributed by atoms with E-state index in [0.717, 1.165) is 5.56 Å². The van der Waals surface area contributed by atoms with E-state index in [2.05, 4.69) is 16.0 Å². The number of urea groups is 1. The van der Waals surface area contributed by atoms with Gasteiger partial charge in [0.1, 0.15) is 6.04 Å². The first-order chi connectivity index (χ1) is 12.1. The molecule has 0 aliphatic heterocycles. The largest absolute Gasteiger partial charge is 0.368 e. The quantitative estimate of drug-likeness (QED) is 0.598. The third kappa shape index (κ3) is 5.98. The maximum atomic E-state index is 11.9. The fraction of sp³-hybridized carbons (Fsp3) is 0.167. The van der Waals surface area contributed by atoms with Crippen LogP contribution in [0.2, 0.25) is 0 Å². The van der Waals surface area contributed by atoms with Crippen molar-refractivity contribution in [3.05, 3.63) is 71.8 Å². The second kappa shape index (κ2) is 9.07. The molecule has 0 aliphatic carbocycles. The van der Waals surface area contributed by atoms with E-state index in [9.17, 15) is 14.4 Å². The molecule has 1 unspecified atom stereocenters. The van der Waals surface area contributed by atoms with Crippen molar-refractivity contribution in [2.75, 3.05) is 6.54 Å². The van der Waals surface area contributed by atoms with E-state index >= 15 is 0 Å². The van der Waals surface area contributed by atoms with Gasteiger partial charge in [-0.3, -0.25) is 9.59 Å². The molecule has 0 saturated carbocycles. The zero-order chi connectivity index (χ0) is 18.1. The lowest BCUT2D eigenvalue weighted by Gasteiger charge is -2.16. The van der Waals surface area contributed by atoms with Gasteiger partial charge in [0.25, 0.3) is 0 Å². The highest BCUT2D eigenvalue weighted by atomic mass is 16.2. The maximum absolute atomic E-state index is 11.9. The second-order valence-corrected chi connectivity index (χ2v) is 5.34. The van der Waals surface area contributed by atoms with Crippen molar-refractivity contribution in [1.29, 1.82) is 0 Å². The van der Waals surface area contributed by atoms with Crippen LogP contribution in [0.25, 0.3) is 0 Å². The molecule has 0 heterocycles. The molecule has 0 bridgehead atoms. The molecule has 4 amide bonds. The van der Waals surface area contributed by atoms with Crippen LogP contribution in [0.15, 0.2) is 60.7 Å². The molecule has 2 aromatic carbocycles. The molecule has 0 radical (unpaired) electrons. The monoisotopic (exact) mass is 340 g/mol. The Morgan fingerprint density at radius 3 is 2.08 bits per heavy atom. The summed E-state index contributed by atoms with van der Waals surface area (Å²) < 4.78 is 0. The van der Waals surface area contributed by atoms with Gasteiger partial charge in [0.05, 0.1) is 6.54 Å². The van der Waals surface area contributed by atoms with Crippen molar-refractivity contribution in [3.63, 3.8) is 0 Å². The summed E-state index contributed by atoms with van der Waals surface area (Å²) in [6, 6.07) is 16.6. The van der Waals surface area contributed by atoms with Crippen LogP contribution in [0, 0.1) is 0 Å². The third-order valence-electron chi connectivity index (χ3n) is 3.43. The number of hydrogen-bond donors (Lipinski definition) is 4. The zero-order valence-electron chi connectivity index (χ0n) is 13.6. The van der Waals surface area contributed by atoms with Crippen molar-refractivity contribution >= 4 is 17.8 Å². The molecule has 0 aliphatic rings. The van der Waals surface area contributed by atoms with Crippen LogP contribution in [0.4, 0.5) is 4.79 Å². The molecule has 0 spiro atoms. The van der Waals surface area contributed by atoms with Gasteiger partial charge in [-0.1, -0.05) is 60.7 Å². The third-order valence-corrected chi connectivity index (χ3v) is 3.43. The first-order valence-electron chi connectivity index (χ1n) is 7.75. The van der Waals surface area contributed by atoms with Crippen molar-refractivity contribution in [2.24, 2.45) is 5.73 Å². The predicted molar refractivity (Wildman–Crippen MR) is 93.2 cm³/mol. The summed E-state index contributed by atoms with van der Waals surface area (Å²) in [5.41, 5.74) is 6.86. The van der Waals surface area contributed by atoms with Crippen LogP contribution in [0.1, 0.15) is 17.2 Å². The van der Waals surface area contributed by atoms with Gasteiger partial charge >= 0.3 is 6.03 Å². The normalized spacial score (nSPS) is 11.2. The summed E-state index contributed by atoms with van der Waals surface area (Å²) in [7, 11) is 0. The number of rotatable bonds is 7. The van der Waals surface area contributed by atoms with Gasteiger partial charge in [-0.2, -0.15) is 0 Å². The van der Waals surface area contributed by atoms with Crippen LogP contribution in [-0.4, -0.2) is 24.4 Å². The minimum Gasteiger partial charge on any atom is -0.368 e. The number of carbonyl (C=O) groups is 3. The van der Waals surface area contributed by atoms with E-state index in [1.165, 1.54) is 0 Å². The second-order valence-electron chi connectivity index (χ2n) is 5.34. The SMILES string of the molecule is NC(=O)C(NC(=O)CNC(=O)NCc1ccccc1)c1ccccc1. The van der Waals surface area contributed by atoms with Crippen LogP contribution >= 0.6 is 0 Å². The van der Waals surface area contributed by atoms with Gasteiger partial charge in [0.2, 0.25) is 11.8 Å². The lowest BCUT2D eigenvalue weighted by Crippen LogP contribution is -2.45. The first-order valence-corrected chi connectivity index (χ1v) is 7.75. The molecule has 0 aromatic heterocycles. The van der Waals surface area contributed by atoms with Gasteiger partial charge in [-0.15, -0.1) is 0 Å². The Kier molecular flexibility index (Phi) is 6.53. The number of primary amides is 1. The number of carbonyl (C=O) groups excluding carboxylic acids is 3. The molecule has 0 saturated heterocycles. The first kappa shape index (κ1) is 18.0. The molecule has 130 valence electrons. The molecular formula is C18H20N4O3. The topological polar surface area (TPSA) is 113 Å². The fourth-order valence-electron chi connectivity index (χ4n) is 2.18. The van der Waals surface area contributed by atoms with E-state index < -0.39 is 23.9 Å². The highest BCUT2D eigenvalue weighted by Gasteiger charge is 2.20. The van der Waals surface area contributed by atoms with Crippen molar-refractivity contribution in [3.8, 4) is 0 Å². The summed E-state index contributed by atoms with van der Waals surface area (Å²) in [6.45, 7) is 0.0828. The fourth-order valence-corrected chi connectivity index (χ4v) is 2.18. The van der Waals surface area contributed by atoms with E-state index in [4.69, 9.17) is 5.73 Å². The number of hydrogen-bond acceptors (Lipinski definition) is 3. The van der Waals surface area contributed by atoms with E-state index in [-0.39, 0.29) is 6.54 Å². The summed E-state index contributed by atoms with van der Waals surface area (Å²) in [4.78, 5) is 35.2. The molecule has 0 fully saturated rings.